The molecule has 3 heteroatoms. The van der Waals surface area contributed by atoms with Gasteiger partial charge in [-0.2, -0.15) is 0 Å². The van der Waals surface area contributed by atoms with Crippen molar-refractivity contribution in [1.82, 2.24) is 4.90 Å². The summed E-state index contributed by atoms with van der Waals surface area (Å²) in [5.74, 6) is 0.283. The van der Waals surface area contributed by atoms with Crippen molar-refractivity contribution in [3.63, 3.8) is 0 Å². The van der Waals surface area contributed by atoms with Crippen molar-refractivity contribution in [2.24, 2.45) is 5.92 Å². The number of hydrogen-bond donors (Lipinski definition) is 0. The monoisotopic (exact) mass is 251 g/mol. The van der Waals surface area contributed by atoms with Crippen molar-refractivity contribution in [3.05, 3.63) is 48.1 Å². The van der Waals surface area contributed by atoms with Gasteiger partial charge >= 0.3 is 0 Å². The molecule has 0 aliphatic carbocycles. The molecule has 1 fully saturated rings. The molecule has 1 aliphatic rings. The van der Waals surface area contributed by atoms with Crippen LogP contribution in [0.25, 0.3) is 0 Å². The Morgan fingerprint density at radius 3 is 2.53 bits per heavy atom. The topological polar surface area (TPSA) is 20.3 Å². The van der Waals surface area contributed by atoms with E-state index in [2.05, 4.69) is 19.7 Å². The van der Waals surface area contributed by atoms with Gasteiger partial charge in [0.1, 0.15) is 0 Å². The molecule has 1 heterocycles. The van der Waals surface area contributed by atoms with Gasteiger partial charge in [0, 0.05) is 24.0 Å². The maximum atomic E-state index is 11.5. The average molecular weight is 252 g/mol. The van der Waals surface area contributed by atoms with Crippen molar-refractivity contribution in [1.29, 1.82) is 0 Å². The summed E-state index contributed by atoms with van der Waals surface area (Å²) >= 11 is 5.91. The molecule has 1 saturated heterocycles. The van der Waals surface area contributed by atoms with Gasteiger partial charge in [-0.25, -0.2) is 0 Å². The SMILES string of the molecule is C=CC(=O)N1CCC(/C(C=C)=C(\C)C(=C)Cl)C1. The maximum Gasteiger partial charge on any atom is 0.245 e. The molecule has 1 aliphatic heterocycles. The highest BCUT2D eigenvalue weighted by atomic mass is 35.5. The Bertz CT molecular complexity index is 395. The Hall–Kier alpha value is -1.28. The molecule has 0 aromatic rings. The van der Waals surface area contributed by atoms with Crippen LogP contribution in [0.4, 0.5) is 0 Å². The third kappa shape index (κ3) is 3.10. The van der Waals surface area contributed by atoms with Crippen molar-refractivity contribution in [3.8, 4) is 0 Å². The van der Waals surface area contributed by atoms with Crippen LogP contribution in [0.2, 0.25) is 0 Å². The third-order valence-corrected chi connectivity index (χ3v) is 3.46. The van der Waals surface area contributed by atoms with Crippen LogP contribution >= 0.6 is 11.6 Å². The van der Waals surface area contributed by atoms with Crippen LogP contribution in [-0.2, 0) is 4.79 Å². The molecular formula is C14H18ClNO. The fourth-order valence-corrected chi connectivity index (χ4v) is 2.24. The van der Waals surface area contributed by atoms with E-state index in [0.717, 1.165) is 24.1 Å². The molecule has 0 N–H and O–H groups in total. The van der Waals surface area contributed by atoms with E-state index in [1.807, 2.05) is 13.0 Å². The number of carbonyl (C=O) groups excluding carboxylic acids is 1. The van der Waals surface area contributed by atoms with Crippen LogP contribution in [0.15, 0.2) is 48.1 Å². The van der Waals surface area contributed by atoms with Crippen LogP contribution in [0.1, 0.15) is 13.3 Å². The highest BCUT2D eigenvalue weighted by Gasteiger charge is 2.27. The quantitative estimate of drug-likeness (QED) is 0.555. The first-order valence-electron chi connectivity index (χ1n) is 5.60. The predicted octanol–water partition coefficient (Wildman–Crippen LogP) is 3.28. The Morgan fingerprint density at radius 1 is 1.41 bits per heavy atom. The summed E-state index contributed by atoms with van der Waals surface area (Å²) in [4.78, 5) is 13.3. The van der Waals surface area contributed by atoms with Crippen molar-refractivity contribution < 1.29 is 4.79 Å². The molecule has 1 unspecified atom stereocenters. The number of carbonyl (C=O) groups is 1. The summed E-state index contributed by atoms with van der Waals surface area (Å²) < 4.78 is 0. The first kappa shape index (κ1) is 13.8. The summed E-state index contributed by atoms with van der Waals surface area (Å²) in [7, 11) is 0. The van der Waals surface area contributed by atoms with Gasteiger partial charge < -0.3 is 4.90 Å². The van der Waals surface area contributed by atoms with Gasteiger partial charge in [-0.1, -0.05) is 37.4 Å². The highest BCUT2D eigenvalue weighted by molar-refractivity contribution is 6.31. The van der Waals surface area contributed by atoms with Crippen LogP contribution in [0.3, 0.4) is 0 Å². The minimum Gasteiger partial charge on any atom is -0.339 e. The lowest BCUT2D eigenvalue weighted by molar-refractivity contribution is -0.125. The van der Waals surface area contributed by atoms with Crippen molar-refractivity contribution >= 4 is 17.5 Å². The predicted molar refractivity (Wildman–Crippen MR) is 72.8 cm³/mol. The molecule has 2 nitrogen and oxygen atoms in total. The fraction of sp³-hybridized carbons (Fsp3) is 0.357. The summed E-state index contributed by atoms with van der Waals surface area (Å²) in [5, 5.41) is 0.536. The number of amides is 1. The van der Waals surface area contributed by atoms with Crippen molar-refractivity contribution in [2.45, 2.75) is 13.3 Å². The first-order chi connectivity index (χ1) is 8.01. The number of hydrogen-bond acceptors (Lipinski definition) is 1. The molecule has 1 amide bonds. The van der Waals surface area contributed by atoms with Crippen LogP contribution in [-0.4, -0.2) is 23.9 Å². The molecule has 0 saturated carbocycles. The molecule has 0 aromatic heterocycles. The lowest BCUT2D eigenvalue weighted by Crippen LogP contribution is -2.26. The smallest absolute Gasteiger partial charge is 0.245 e. The van der Waals surface area contributed by atoms with Gasteiger partial charge in [0.05, 0.1) is 0 Å². The van der Waals surface area contributed by atoms with Crippen LogP contribution in [0, 0.1) is 5.92 Å². The maximum absolute atomic E-state index is 11.5. The summed E-state index contributed by atoms with van der Waals surface area (Å²) in [5.41, 5.74) is 2.05. The highest BCUT2D eigenvalue weighted by Crippen LogP contribution is 2.30. The second kappa shape index (κ2) is 5.87. The van der Waals surface area contributed by atoms with E-state index in [1.54, 1.807) is 4.90 Å². The first-order valence-corrected chi connectivity index (χ1v) is 5.98. The minimum absolute atomic E-state index is 0.0155. The van der Waals surface area contributed by atoms with E-state index >= 15 is 0 Å². The van der Waals surface area contributed by atoms with E-state index in [9.17, 15) is 4.79 Å². The molecule has 92 valence electrons. The van der Waals surface area contributed by atoms with Gasteiger partial charge in [-0.3, -0.25) is 4.79 Å². The van der Waals surface area contributed by atoms with E-state index < -0.39 is 0 Å². The van der Waals surface area contributed by atoms with Crippen molar-refractivity contribution in [2.75, 3.05) is 13.1 Å². The van der Waals surface area contributed by atoms with Gasteiger partial charge in [0.15, 0.2) is 0 Å². The molecule has 0 bridgehead atoms. The van der Waals surface area contributed by atoms with E-state index in [1.165, 1.54) is 6.08 Å². The molecule has 1 atom stereocenters. The zero-order valence-electron chi connectivity index (χ0n) is 10.2. The second-order valence-electron chi connectivity index (χ2n) is 4.16. The largest absolute Gasteiger partial charge is 0.339 e. The molecule has 0 spiro atoms. The van der Waals surface area contributed by atoms with Gasteiger partial charge in [-0.05, 0) is 30.6 Å². The van der Waals surface area contributed by atoms with Crippen LogP contribution in [0.5, 0.6) is 0 Å². The molecule has 1 rings (SSSR count). The minimum atomic E-state index is -0.0155. The van der Waals surface area contributed by atoms with E-state index in [0.29, 0.717) is 17.5 Å². The number of nitrogens with zero attached hydrogens (tertiary/aromatic N) is 1. The molecule has 0 radical (unpaired) electrons. The van der Waals surface area contributed by atoms with E-state index in [4.69, 9.17) is 11.6 Å². The Morgan fingerprint density at radius 2 is 2.06 bits per heavy atom. The summed E-state index contributed by atoms with van der Waals surface area (Å²) in [6.45, 7) is 14.4. The summed E-state index contributed by atoms with van der Waals surface area (Å²) in [6, 6.07) is 0. The van der Waals surface area contributed by atoms with E-state index in [-0.39, 0.29) is 5.91 Å². The number of rotatable bonds is 4. The zero-order valence-corrected chi connectivity index (χ0v) is 11.0. The van der Waals surface area contributed by atoms with Gasteiger partial charge in [0.25, 0.3) is 0 Å². The molecule has 0 aromatic carbocycles. The zero-order chi connectivity index (χ0) is 13.0. The lowest BCUT2D eigenvalue weighted by atomic mass is 9.94. The third-order valence-electron chi connectivity index (χ3n) is 3.17. The van der Waals surface area contributed by atoms with Crippen LogP contribution < -0.4 is 0 Å². The van der Waals surface area contributed by atoms with Gasteiger partial charge in [-0.15, -0.1) is 0 Å². The molecule has 17 heavy (non-hydrogen) atoms. The average Bonchev–Trinajstić information content (AvgIpc) is 2.78. The number of halogens is 1. The Balaban J connectivity index is 2.86. The molecular weight excluding hydrogens is 234 g/mol. The standard InChI is InChI=1S/C14H18ClNO/c1-5-13(10(3)11(4)15)12-7-8-16(9-12)14(17)6-2/h5-6,12H,1-2,4,7-9H2,3H3/b13-10+. The lowest BCUT2D eigenvalue weighted by Gasteiger charge is -2.16. The second-order valence-corrected chi connectivity index (χ2v) is 4.62. The Kier molecular flexibility index (Phi) is 4.76. The Labute approximate surface area is 108 Å². The number of allylic oxidation sites excluding steroid dienone is 3. The normalized spacial score (nSPS) is 20.8. The number of likely N-dealkylation sites (tertiary alicyclic amines) is 1. The fourth-order valence-electron chi connectivity index (χ4n) is 2.13. The summed E-state index contributed by atoms with van der Waals surface area (Å²) in [6.07, 6.45) is 4.10. The van der Waals surface area contributed by atoms with Gasteiger partial charge in [0.2, 0.25) is 5.91 Å².